The van der Waals surface area contributed by atoms with Crippen LogP contribution in [0.3, 0.4) is 0 Å². The topological polar surface area (TPSA) is 52.6 Å². The second-order valence-corrected chi connectivity index (χ2v) is 9.74. The van der Waals surface area contributed by atoms with Crippen LogP contribution in [0.1, 0.15) is 156 Å². The van der Waals surface area contributed by atoms with Gasteiger partial charge < -0.3 is 9.47 Å². The largest absolute Gasteiger partial charge is 0.466 e. The molecule has 4 heteroatoms. The summed E-state index contributed by atoms with van der Waals surface area (Å²) >= 11 is 0. The van der Waals surface area contributed by atoms with Gasteiger partial charge in [0.1, 0.15) is 0 Å². The van der Waals surface area contributed by atoms with Crippen LogP contribution in [0.5, 0.6) is 0 Å². The number of ether oxygens (including phenoxy) is 2. The van der Waals surface area contributed by atoms with Crippen LogP contribution >= 0.6 is 0 Å². The van der Waals surface area contributed by atoms with Crippen LogP contribution in [0.15, 0.2) is 0 Å². The first kappa shape index (κ1) is 31.9. The maximum absolute atomic E-state index is 11.8. The Labute approximate surface area is 206 Å². The SMILES string of the molecule is CCCCCOC(=O)CCCCCCCCCCCCC(CC)CCC(=O)OCCCCC. The van der Waals surface area contributed by atoms with E-state index in [1.807, 2.05) is 0 Å². The molecule has 0 heterocycles. The molecular weight excluding hydrogens is 412 g/mol. The monoisotopic (exact) mass is 468 g/mol. The van der Waals surface area contributed by atoms with Crippen molar-refractivity contribution in [1.29, 1.82) is 0 Å². The minimum atomic E-state index is -0.0150. The molecule has 0 saturated carbocycles. The third-order valence-electron chi connectivity index (χ3n) is 6.60. The molecule has 0 N–H and O–H groups in total. The Balaban J connectivity index is 3.41. The van der Waals surface area contributed by atoms with Crippen molar-refractivity contribution < 1.29 is 19.1 Å². The lowest BCUT2D eigenvalue weighted by Gasteiger charge is -2.14. The van der Waals surface area contributed by atoms with Crippen molar-refractivity contribution >= 4 is 11.9 Å². The minimum Gasteiger partial charge on any atom is -0.466 e. The van der Waals surface area contributed by atoms with Crippen LogP contribution < -0.4 is 0 Å². The van der Waals surface area contributed by atoms with E-state index < -0.39 is 0 Å². The highest BCUT2D eigenvalue weighted by Crippen LogP contribution is 2.20. The first-order valence-corrected chi connectivity index (χ1v) is 14.4. The fourth-order valence-electron chi connectivity index (χ4n) is 4.21. The van der Waals surface area contributed by atoms with E-state index in [2.05, 4.69) is 20.8 Å². The fraction of sp³-hybridized carbons (Fsp3) is 0.931. The summed E-state index contributed by atoms with van der Waals surface area (Å²) in [5, 5.41) is 0. The quantitative estimate of drug-likeness (QED) is 0.0991. The number of rotatable bonds is 25. The van der Waals surface area contributed by atoms with E-state index in [9.17, 15) is 9.59 Å². The molecule has 0 aromatic heterocycles. The Hall–Kier alpha value is -1.06. The van der Waals surface area contributed by atoms with Gasteiger partial charge in [0.15, 0.2) is 0 Å². The van der Waals surface area contributed by atoms with Crippen molar-refractivity contribution in [3.63, 3.8) is 0 Å². The summed E-state index contributed by atoms with van der Waals surface area (Å²) in [6, 6.07) is 0. The predicted octanol–water partition coefficient (Wildman–Crippen LogP) is 8.94. The third-order valence-corrected chi connectivity index (χ3v) is 6.60. The van der Waals surface area contributed by atoms with Crippen molar-refractivity contribution in [3.05, 3.63) is 0 Å². The van der Waals surface area contributed by atoms with E-state index in [1.165, 1.54) is 64.2 Å². The van der Waals surface area contributed by atoms with Gasteiger partial charge in [0, 0.05) is 12.8 Å². The second-order valence-electron chi connectivity index (χ2n) is 9.74. The molecule has 0 aromatic carbocycles. The lowest BCUT2D eigenvalue weighted by Crippen LogP contribution is -2.09. The zero-order valence-corrected chi connectivity index (χ0v) is 22.5. The van der Waals surface area contributed by atoms with Gasteiger partial charge >= 0.3 is 11.9 Å². The minimum absolute atomic E-state index is 0.00750. The molecule has 0 aromatic rings. The molecule has 4 nitrogen and oxygen atoms in total. The van der Waals surface area contributed by atoms with Crippen molar-refractivity contribution in [3.8, 4) is 0 Å². The van der Waals surface area contributed by atoms with Gasteiger partial charge in [-0.1, -0.05) is 117 Å². The number of carbonyl (C=O) groups is 2. The molecule has 0 fully saturated rings. The van der Waals surface area contributed by atoms with Crippen molar-refractivity contribution in [2.75, 3.05) is 13.2 Å². The summed E-state index contributed by atoms with van der Waals surface area (Å²) in [5.41, 5.74) is 0. The van der Waals surface area contributed by atoms with E-state index in [-0.39, 0.29) is 11.9 Å². The lowest BCUT2D eigenvalue weighted by molar-refractivity contribution is -0.145. The smallest absolute Gasteiger partial charge is 0.305 e. The van der Waals surface area contributed by atoms with Gasteiger partial charge in [-0.05, 0) is 31.6 Å². The molecule has 0 aliphatic rings. The second kappa shape index (κ2) is 25.6. The van der Waals surface area contributed by atoms with E-state index >= 15 is 0 Å². The molecule has 0 amide bonds. The van der Waals surface area contributed by atoms with Gasteiger partial charge in [-0.15, -0.1) is 0 Å². The molecule has 0 aliphatic carbocycles. The summed E-state index contributed by atoms with van der Waals surface area (Å²) in [5.74, 6) is 0.646. The number of esters is 2. The number of unbranched alkanes of at least 4 members (excludes halogenated alkanes) is 13. The van der Waals surface area contributed by atoms with Gasteiger partial charge in [-0.3, -0.25) is 9.59 Å². The molecule has 0 rings (SSSR count). The molecule has 33 heavy (non-hydrogen) atoms. The first-order chi connectivity index (χ1) is 16.1. The molecular formula is C29H56O4. The van der Waals surface area contributed by atoms with Gasteiger partial charge in [-0.25, -0.2) is 0 Å². The molecule has 0 saturated heterocycles. The number of hydrogen-bond donors (Lipinski definition) is 0. The van der Waals surface area contributed by atoms with Crippen LogP contribution in [0.2, 0.25) is 0 Å². The molecule has 0 radical (unpaired) electrons. The molecule has 1 unspecified atom stereocenters. The Kier molecular flexibility index (Phi) is 24.7. The summed E-state index contributed by atoms with van der Waals surface area (Å²) in [4.78, 5) is 23.4. The normalized spacial score (nSPS) is 12.0. The number of hydrogen-bond acceptors (Lipinski definition) is 4. The zero-order valence-electron chi connectivity index (χ0n) is 22.5. The van der Waals surface area contributed by atoms with Gasteiger partial charge in [0.05, 0.1) is 13.2 Å². The highest BCUT2D eigenvalue weighted by atomic mass is 16.5. The van der Waals surface area contributed by atoms with Gasteiger partial charge in [0.2, 0.25) is 0 Å². The molecule has 0 bridgehead atoms. The molecule has 0 spiro atoms. The average Bonchev–Trinajstić information content (AvgIpc) is 2.82. The molecule has 1 atom stereocenters. The van der Waals surface area contributed by atoms with E-state index in [0.717, 1.165) is 57.8 Å². The number of carbonyl (C=O) groups excluding carboxylic acids is 2. The molecule has 196 valence electrons. The van der Waals surface area contributed by atoms with Crippen molar-refractivity contribution in [2.45, 2.75) is 156 Å². The highest BCUT2D eigenvalue weighted by Gasteiger charge is 2.10. The first-order valence-electron chi connectivity index (χ1n) is 14.4. The lowest BCUT2D eigenvalue weighted by atomic mass is 9.93. The van der Waals surface area contributed by atoms with Crippen LogP contribution in [0, 0.1) is 5.92 Å². The van der Waals surface area contributed by atoms with Crippen LogP contribution in [0.4, 0.5) is 0 Å². The van der Waals surface area contributed by atoms with Crippen LogP contribution in [0.25, 0.3) is 0 Å². The van der Waals surface area contributed by atoms with Crippen molar-refractivity contribution in [2.24, 2.45) is 5.92 Å². The summed E-state index contributed by atoms with van der Waals surface area (Å²) in [6.45, 7) is 7.75. The Morgan fingerprint density at radius 1 is 0.515 bits per heavy atom. The summed E-state index contributed by atoms with van der Waals surface area (Å²) in [7, 11) is 0. The highest BCUT2D eigenvalue weighted by molar-refractivity contribution is 5.69. The van der Waals surface area contributed by atoms with Crippen LogP contribution in [-0.4, -0.2) is 25.2 Å². The standard InChI is InChI=1S/C29H56O4/c1-4-7-19-25-32-28(30)22-18-16-14-12-10-9-11-13-15-17-21-27(6-3)23-24-29(31)33-26-20-8-5-2/h27H,4-26H2,1-3H3. The third kappa shape index (κ3) is 23.9. The molecule has 0 aliphatic heterocycles. The van der Waals surface area contributed by atoms with E-state index in [0.29, 0.717) is 32.0 Å². The maximum Gasteiger partial charge on any atom is 0.305 e. The fourth-order valence-corrected chi connectivity index (χ4v) is 4.21. The van der Waals surface area contributed by atoms with E-state index in [1.54, 1.807) is 0 Å². The van der Waals surface area contributed by atoms with E-state index in [4.69, 9.17) is 9.47 Å². The van der Waals surface area contributed by atoms with Gasteiger partial charge in [0.25, 0.3) is 0 Å². The maximum atomic E-state index is 11.8. The Bertz CT molecular complexity index is 435. The van der Waals surface area contributed by atoms with Gasteiger partial charge in [-0.2, -0.15) is 0 Å². The van der Waals surface area contributed by atoms with Crippen LogP contribution in [-0.2, 0) is 19.1 Å². The Morgan fingerprint density at radius 3 is 1.45 bits per heavy atom. The zero-order chi connectivity index (χ0) is 24.4. The Morgan fingerprint density at radius 2 is 0.970 bits per heavy atom. The van der Waals surface area contributed by atoms with Crippen molar-refractivity contribution in [1.82, 2.24) is 0 Å². The predicted molar refractivity (Wildman–Crippen MR) is 139 cm³/mol. The summed E-state index contributed by atoms with van der Waals surface area (Å²) in [6.07, 6.45) is 23.8. The average molecular weight is 469 g/mol. The summed E-state index contributed by atoms with van der Waals surface area (Å²) < 4.78 is 10.6.